The maximum atomic E-state index is 9.17. The Morgan fingerprint density at radius 3 is 1.21 bits per heavy atom. The van der Waals surface area contributed by atoms with Gasteiger partial charge in [-0.15, -0.1) is 0 Å². The van der Waals surface area contributed by atoms with Gasteiger partial charge in [0.25, 0.3) is 0 Å². The van der Waals surface area contributed by atoms with E-state index in [2.05, 4.69) is 107 Å². The van der Waals surface area contributed by atoms with Crippen LogP contribution in [0.4, 0.5) is 0 Å². The molecule has 2 aromatic heterocycles. The molecule has 6 rings (SSSR count). The van der Waals surface area contributed by atoms with Gasteiger partial charge in [0.15, 0.2) is 0 Å². The summed E-state index contributed by atoms with van der Waals surface area (Å²) in [5.74, 6) is 0. The highest BCUT2D eigenvalue weighted by Gasteiger charge is 2.10. The molecule has 0 amide bonds. The van der Waals surface area contributed by atoms with Gasteiger partial charge in [-0.3, -0.25) is 0 Å². The zero-order valence-electron chi connectivity index (χ0n) is 20.3. The Bertz CT molecular complexity index is 1730. The van der Waals surface area contributed by atoms with Crippen molar-refractivity contribution in [1.29, 1.82) is 10.5 Å². The second-order valence-corrected chi connectivity index (χ2v) is 8.94. The van der Waals surface area contributed by atoms with Gasteiger partial charge < -0.3 is 0 Å². The first-order valence-corrected chi connectivity index (χ1v) is 12.2. The number of hydrogen-bond donors (Lipinski definition) is 0. The molecule has 4 heteroatoms. The van der Waals surface area contributed by atoms with Crippen molar-refractivity contribution in [2.75, 3.05) is 0 Å². The van der Waals surface area contributed by atoms with Crippen molar-refractivity contribution in [3.8, 4) is 56.6 Å². The highest BCUT2D eigenvalue weighted by atomic mass is 14.7. The van der Waals surface area contributed by atoms with Gasteiger partial charge in [0.05, 0.1) is 0 Å². The summed E-state index contributed by atoms with van der Waals surface area (Å²) in [6, 6.07) is 41.4. The number of aromatic nitrogens is 2. The van der Waals surface area contributed by atoms with E-state index in [1.165, 1.54) is 21.9 Å². The molecule has 0 fully saturated rings. The Balaban J connectivity index is 1.36. The molecular formula is C34H20N4. The Hall–Kier alpha value is -5.58. The van der Waals surface area contributed by atoms with Gasteiger partial charge in [0, 0.05) is 12.4 Å². The molecular weight excluding hydrogens is 464 g/mol. The molecule has 176 valence electrons. The lowest BCUT2D eigenvalue weighted by atomic mass is 9.91. The molecule has 6 aromatic rings. The van der Waals surface area contributed by atoms with Crippen molar-refractivity contribution >= 4 is 10.8 Å². The first-order chi connectivity index (χ1) is 18.7. The summed E-state index contributed by atoms with van der Waals surface area (Å²) >= 11 is 0. The zero-order valence-corrected chi connectivity index (χ0v) is 20.3. The van der Waals surface area contributed by atoms with E-state index in [9.17, 15) is 0 Å². The molecule has 0 aliphatic heterocycles. The minimum atomic E-state index is 0.411. The van der Waals surface area contributed by atoms with Crippen LogP contribution >= 0.6 is 0 Å². The molecule has 0 radical (unpaired) electrons. The molecule has 0 aliphatic rings. The minimum absolute atomic E-state index is 0.411. The number of fused-ring (bicyclic) bond motifs is 1. The normalized spacial score (nSPS) is 10.6. The third kappa shape index (κ3) is 4.28. The van der Waals surface area contributed by atoms with Crippen LogP contribution in [-0.4, -0.2) is 9.97 Å². The summed E-state index contributed by atoms with van der Waals surface area (Å²) in [7, 11) is 0. The van der Waals surface area contributed by atoms with Crippen LogP contribution in [-0.2, 0) is 0 Å². The zero-order chi connectivity index (χ0) is 25.9. The molecule has 0 bridgehead atoms. The van der Waals surface area contributed by atoms with Crippen molar-refractivity contribution < 1.29 is 0 Å². The molecule has 0 N–H and O–H groups in total. The van der Waals surface area contributed by atoms with E-state index in [4.69, 9.17) is 10.5 Å². The summed E-state index contributed by atoms with van der Waals surface area (Å²) in [6.45, 7) is 0. The topological polar surface area (TPSA) is 73.4 Å². The first-order valence-electron chi connectivity index (χ1n) is 12.2. The van der Waals surface area contributed by atoms with Crippen LogP contribution in [0.15, 0.2) is 122 Å². The highest BCUT2D eigenvalue weighted by molar-refractivity contribution is 6.04. The van der Waals surface area contributed by atoms with Crippen molar-refractivity contribution in [2.45, 2.75) is 0 Å². The number of hydrogen-bond acceptors (Lipinski definition) is 4. The van der Waals surface area contributed by atoms with Crippen LogP contribution in [0.5, 0.6) is 0 Å². The predicted octanol–water partition coefficient (Wildman–Crippen LogP) is 8.04. The first kappa shape index (κ1) is 22.9. The molecule has 0 aliphatic carbocycles. The maximum absolute atomic E-state index is 9.17. The third-order valence-electron chi connectivity index (χ3n) is 6.73. The molecule has 0 unspecified atom stereocenters. The summed E-state index contributed by atoms with van der Waals surface area (Å²) < 4.78 is 0. The quantitative estimate of drug-likeness (QED) is 0.254. The maximum Gasteiger partial charge on any atom is 0.141 e. The van der Waals surface area contributed by atoms with E-state index in [1.807, 2.05) is 24.3 Å². The van der Waals surface area contributed by atoms with Gasteiger partial charge in [-0.25, -0.2) is 9.97 Å². The van der Waals surface area contributed by atoms with Gasteiger partial charge in [-0.1, -0.05) is 84.9 Å². The van der Waals surface area contributed by atoms with Gasteiger partial charge in [-0.2, -0.15) is 10.5 Å². The molecule has 0 saturated carbocycles. The second-order valence-electron chi connectivity index (χ2n) is 8.94. The lowest BCUT2D eigenvalue weighted by Crippen LogP contribution is -1.87. The average molecular weight is 485 g/mol. The molecule has 0 atom stereocenters. The van der Waals surface area contributed by atoms with Crippen LogP contribution in [0.2, 0.25) is 0 Å². The molecule has 4 nitrogen and oxygen atoms in total. The van der Waals surface area contributed by atoms with Crippen molar-refractivity contribution in [3.05, 3.63) is 133 Å². The average Bonchev–Trinajstić information content (AvgIpc) is 3.00. The molecule has 2 heterocycles. The Morgan fingerprint density at radius 2 is 0.816 bits per heavy atom. The predicted molar refractivity (Wildman–Crippen MR) is 151 cm³/mol. The smallest absolute Gasteiger partial charge is 0.141 e. The van der Waals surface area contributed by atoms with Crippen molar-refractivity contribution in [1.82, 2.24) is 9.97 Å². The van der Waals surface area contributed by atoms with Gasteiger partial charge in [0.1, 0.15) is 23.5 Å². The van der Waals surface area contributed by atoms with E-state index in [0.717, 1.165) is 33.4 Å². The van der Waals surface area contributed by atoms with Gasteiger partial charge in [-0.05, 0) is 79.5 Å². The fourth-order valence-electron chi connectivity index (χ4n) is 4.84. The summed E-state index contributed by atoms with van der Waals surface area (Å²) in [5.41, 5.74) is 9.46. The lowest BCUT2D eigenvalue weighted by molar-refractivity contribution is 1.26. The highest BCUT2D eigenvalue weighted by Crippen LogP contribution is 2.36. The molecule has 0 spiro atoms. The van der Waals surface area contributed by atoms with Crippen LogP contribution in [0.1, 0.15) is 11.4 Å². The minimum Gasteiger partial charge on any atom is -0.246 e. The fraction of sp³-hybridized carbons (Fsp3) is 0. The summed E-state index contributed by atoms with van der Waals surface area (Å²) in [5, 5.41) is 20.7. The standard InChI is InChI=1S/C34H20N4/c35-21-29-19-27(15-17-37-29)23-7-11-25(12-8-23)31-3-1-5-33-32(4-2-6-34(31)33)26-13-9-24(10-14-26)28-16-18-38-30(20-28)22-36/h1-20H. The van der Waals surface area contributed by atoms with Crippen LogP contribution in [0.3, 0.4) is 0 Å². The van der Waals surface area contributed by atoms with Crippen LogP contribution in [0, 0.1) is 22.7 Å². The van der Waals surface area contributed by atoms with E-state index < -0.39 is 0 Å². The van der Waals surface area contributed by atoms with Crippen molar-refractivity contribution in [2.24, 2.45) is 0 Å². The Labute approximate surface area is 220 Å². The number of rotatable bonds is 4. The Morgan fingerprint density at radius 1 is 0.421 bits per heavy atom. The number of nitrogens with zero attached hydrogens (tertiary/aromatic N) is 4. The van der Waals surface area contributed by atoms with Crippen molar-refractivity contribution in [3.63, 3.8) is 0 Å². The van der Waals surface area contributed by atoms with E-state index in [0.29, 0.717) is 11.4 Å². The second kappa shape index (κ2) is 9.82. The SMILES string of the molecule is N#Cc1cc(-c2ccc(-c3cccc4c(-c5ccc(-c6ccnc(C#N)c6)cc5)cccc34)cc2)ccn1. The number of benzene rings is 4. The molecule has 38 heavy (non-hydrogen) atoms. The number of pyridine rings is 2. The summed E-state index contributed by atoms with van der Waals surface area (Å²) in [6.07, 6.45) is 3.34. The monoisotopic (exact) mass is 484 g/mol. The summed E-state index contributed by atoms with van der Waals surface area (Å²) in [4.78, 5) is 8.14. The largest absolute Gasteiger partial charge is 0.246 e. The number of nitriles is 2. The Kier molecular flexibility index (Phi) is 5.91. The third-order valence-corrected chi connectivity index (χ3v) is 6.73. The van der Waals surface area contributed by atoms with Crippen LogP contribution < -0.4 is 0 Å². The fourth-order valence-corrected chi connectivity index (χ4v) is 4.84. The van der Waals surface area contributed by atoms with E-state index in [1.54, 1.807) is 12.4 Å². The van der Waals surface area contributed by atoms with Gasteiger partial charge >= 0.3 is 0 Å². The lowest BCUT2D eigenvalue weighted by Gasteiger charge is -2.12. The van der Waals surface area contributed by atoms with Gasteiger partial charge in [0.2, 0.25) is 0 Å². The van der Waals surface area contributed by atoms with E-state index >= 15 is 0 Å². The molecule has 0 saturated heterocycles. The van der Waals surface area contributed by atoms with Crippen LogP contribution in [0.25, 0.3) is 55.3 Å². The molecule has 4 aromatic carbocycles. The van der Waals surface area contributed by atoms with E-state index in [-0.39, 0.29) is 0 Å².